The highest BCUT2D eigenvalue weighted by Crippen LogP contribution is 2.11. The van der Waals surface area contributed by atoms with Gasteiger partial charge in [-0.15, -0.1) is 0 Å². The minimum absolute atomic E-state index is 0.0402. The average Bonchev–Trinajstić information content (AvgIpc) is 2.89. The third-order valence-electron chi connectivity index (χ3n) is 4.07. The van der Waals surface area contributed by atoms with Crippen molar-refractivity contribution in [2.24, 2.45) is 7.05 Å². The molecule has 1 fully saturated rings. The van der Waals surface area contributed by atoms with E-state index < -0.39 is 0 Å². The van der Waals surface area contributed by atoms with Crippen LogP contribution in [0.2, 0.25) is 0 Å². The van der Waals surface area contributed by atoms with Gasteiger partial charge in [-0.2, -0.15) is 5.10 Å². The van der Waals surface area contributed by atoms with Gasteiger partial charge in [0.05, 0.1) is 0 Å². The lowest BCUT2D eigenvalue weighted by molar-refractivity contribution is -0.137. The van der Waals surface area contributed by atoms with Crippen molar-refractivity contribution in [3.63, 3.8) is 0 Å². The Morgan fingerprint density at radius 3 is 2.76 bits per heavy atom. The van der Waals surface area contributed by atoms with Crippen molar-refractivity contribution in [3.8, 4) is 0 Å². The smallest absolute Gasteiger partial charge is 0.238 e. The van der Waals surface area contributed by atoms with Crippen molar-refractivity contribution in [1.29, 1.82) is 0 Å². The van der Waals surface area contributed by atoms with Gasteiger partial charge < -0.3 is 10.2 Å². The number of aryl methyl sites for hydroxylation is 2. The van der Waals surface area contributed by atoms with E-state index in [1.807, 2.05) is 25.1 Å². The maximum atomic E-state index is 12.3. The van der Waals surface area contributed by atoms with Gasteiger partial charge >= 0.3 is 0 Å². The van der Waals surface area contributed by atoms with Crippen molar-refractivity contribution >= 4 is 11.8 Å². The van der Waals surface area contributed by atoms with Gasteiger partial charge in [0, 0.05) is 52.0 Å². The van der Waals surface area contributed by atoms with E-state index in [1.54, 1.807) is 22.8 Å². The van der Waals surface area contributed by atoms with E-state index in [4.69, 9.17) is 0 Å². The number of hydrogen-bond acceptors (Lipinski definition) is 4. The number of carbonyl (C=O) groups excluding carboxylic acids is 2. The van der Waals surface area contributed by atoms with Crippen LogP contribution >= 0.6 is 0 Å². The number of rotatable bonds is 4. The molecular formula is C14H23N5O2. The highest BCUT2D eigenvalue weighted by atomic mass is 16.2. The normalized spacial score (nSPS) is 19.6. The summed E-state index contributed by atoms with van der Waals surface area (Å²) in [6.07, 6.45) is 2.85. The van der Waals surface area contributed by atoms with Crippen LogP contribution < -0.4 is 5.32 Å². The molecule has 1 aromatic rings. The molecule has 2 amide bonds. The minimum Gasteiger partial charge on any atom is -0.358 e. The largest absolute Gasteiger partial charge is 0.358 e. The SMILES string of the molecule is CNC(=O)[C@@H]1CN(C(=O)CCc2ccnn2C)CCN1C. The third-order valence-corrected chi connectivity index (χ3v) is 4.07. The fourth-order valence-corrected chi connectivity index (χ4v) is 2.59. The molecule has 1 aliphatic rings. The molecule has 21 heavy (non-hydrogen) atoms. The van der Waals surface area contributed by atoms with Gasteiger partial charge in [-0.3, -0.25) is 19.2 Å². The number of aromatic nitrogens is 2. The van der Waals surface area contributed by atoms with Gasteiger partial charge in [0.25, 0.3) is 0 Å². The summed E-state index contributed by atoms with van der Waals surface area (Å²) >= 11 is 0. The van der Waals surface area contributed by atoms with E-state index in [1.165, 1.54) is 0 Å². The third kappa shape index (κ3) is 3.60. The van der Waals surface area contributed by atoms with E-state index >= 15 is 0 Å². The Hall–Kier alpha value is -1.89. The van der Waals surface area contributed by atoms with Crippen molar-refractivity contribution in [1.82, 2.24) is 24.9 Å². The summed E-state index contributed by atoms with van der Waals surface area (Å²) in [7, 11) is 5.41. The van der Waals surface area contributed by atoms with Gasteiger partial charge in [-0.25, -0.2) is 0 Å². The molecule has 1 N–H and O–H groups in total. The van der Waals surface area contributed by atoms with E-state index in [9.17, 15) is 9.59 Å². The Balaban J connectivity index is 1.90. The molecule has 0 aliphatic carbocycles. The molecule has 0 unspecified atom stereocenters. The lowest BCUT2D eigenvalue weighted by atomic mass is 10.1. The molecule has 1 saturated heterocycles. The highest BCUT2D eigenvalue weighted by molar-refractivity contribution is 5.83. The van der Waals surface area contributed by atoms with Gasteiger partial charge in [0.2, 0.25) is 11.8 Å². The maximum absolute atomic E-state index is 12.3. The standard InChI is InChI=1S/C14H23N5O2/c1-15-14(21)12-10-19(9-8-17(12)2)13(20)5-4-11-6-7-16-18(11)3/h6-7,12H,4-5,8-10H2,1-3H3,(H,15,21)/t12-/m0/s1. The fourth-order valence-electron chi connectivity index (χ4n) is 2.59. The van der Waals surface area contributed by atoms with Crippen LogP contribution in [0.25, 0.3) is 0 Å². The number of likely N-dealkylation sites (N-methyl/N-ethyl adjacent to an activating group) is 2. The van der Waals surface area contributed by atoms with Crippen molar-refractivity contribution in [2.75, 3.05) is 33.7 Å². The van der Waals surface area contributed by atoms with Gasteiger partial charge in [-0.1, -0.05) is 0 Å². The number of nitrogens with one attached hydrogen (secondary N) is 1. The molecule has 1 aliphatic heterocycles. The summed E-state index contributed by atoms with van der Waals surface area (Å²) in [5.74, 6) is 0.0554. The molecule has 116 valence electrons. The van der Waals surface area contributed by atoms with Crippen molar-refractivity contribution in [3.05, 3.63) is 18.0 Å². The molecular weight excluding hydrogens is 270 g/mol. The summed E-state index contributed by atoms with van der Waals surface area (Å²) in [5, 5.41) is 6.75. The molecule has 7 nitrogen and oxygen atoms in total. The zero-order chi connectivity index (χ0) is 15.4. The topological polar surface area (TPSA) is 70.5 Å². The van der Waals surface area contributed by atoms with Gasteiger partial charge in [0.15, 0.2) is 0 Å². The first-order chi connectivity index (χ1) is 10.0. The summed E-state index contributed by atoms with van der Waals surface area (Å²) in [4.78, 5) is 27.9. The predicted molar refractivity (Wildman–Crippen MR) is 78.6 cm³/mol. The zero-order valence-electron chi connectivity index (χ0n) is 12.9. The Morgan fingerprint density at radius 1 is 1.38 bits per heavy atom. The molecule has 7 heteroatoms. The average molecular weight is 293 g/mol. The molecule has 1 atom stereocenters. The number of amides is 2. The minimum atomic E-state index is -0.260. The number of carbonyl (C=O) groups is 2. The van der Waals surface area contributed by atoms with E-state index in [-0.39, 0.29) is 17.9 Å². The van der Waals surface area contributed by atoms with Crippen LogP contribution in [0.15, 0.2) is 12.3 Å². The summed E-state index contributed by atoms with van der Waals surface area (Å²) in [6.45, 7) is 1.85. The molecule has 0 aromatic carbocycles. The summed E-state index contributed by atoms with van der Waals surface area (Å²) < 4.78 is 1.78. The lowest BCUT2D eigenvalue weighted by Crippen LogP contribution is -2.58. The summed E-state index contributed by atoms with van der Waals surface area (Å²) in [5.41, 5.74) is 1.04. The molecule has 0 saturated carbocycles. The summed E-state index contributed by atoms with van der Waals surface area (Å²) in [6, 6.07) is 1.66. The van der Waals surface area contributed by atoms with Crippen molar-refractivity contribution in [2.45, 2.75) is 18.9 Å². The maximum Gasteiger partial charge on any atom is 0.238 e. The molecule has 2 heterocycles. The molecule has 0 bridgehead atoms. The number of hydrogen-bond donors (Lipinski definition) is 1. The highest BCUT2D eigenvalue weighted by Gasteiger charge is 2.31. The van der Waals surface area contributed by atoms with Crippen LogP contribution in [0.5, 0.6) is 0 Å². The quantitative estimate of drug-likeness (QED) is 0.792. The second kappa shape index (κ2) is 6.71. The van der Waals surface area contributed by atoms with E-state index in [2.05, 4.69) is 10.4 Å². The molecule has 0 spiro atoms. The van der Waals surface area contributed by atoms with Crippen LogP contribution in [0, 0.1) is 0 Å². The van der Waals surface area contributed by atoms with E-state index in [0.29, 0.717) is 25.9 Å². The molecule has 1 aromatic heterocycles. The fraction of sp³-hybridized carbons (Fsp3) is 0.643. The second-order valence-corrected chi connectivity index (χ2v) is 5.40. The Kier molecular flexibility index (Phi) is 4.95. The first-order valence-electron chi connectivity index (χ1n) is 7.19. The lowest BCUT2D eigenvalue weighted by Gasteiger charge is -2.38. The molecule has 0 radical (unpaired) electrons. The zero-order valence-corrected chi connectivity index (χ0v) is 12.9. The van der Waals surface area contributed by atoms with Gasteiger partial charge in [0.1, 0.15) is 6.04 Å². The van der Waals surface area contributed by atoms with Gasteiger partial charge in [-0.05, 0) is 19.5 Å². The van der Waals surface area contributed by atoms with Crippen LogP contribution in [0.3, 0.4) is 0 Å². The number of piperazine rings is 1. The number of nitrogens with zero attached hydrogens (tertiary/aromatic N) is 4. The predicted octanol–water partition coefficient (Wildman–Crippen LogP) is -0.759. The van der Waals surface area contributed by atoms with Crippen molar-refractivity contribution < 1.29 is 9.59 Å². The van der Waals surface area contributed by atoms with E-state index in [0.717, 1.165) is 12.2 Å². The Morgan fingerprint density at radius 2 is 2.14 bits per heavy atom. The first kappa shape index (κ1) is 15.5. The Bertz CT molecular complexity index is 513. The first-order valence-corrected chi connectivity index (χ1v) is 7.19. The van der Waals surface area contributed by atoms with Crippen LogP contribution in [0.1, 0.15) is 12.1 Å². The Labute approximate surface area is 124 Å². The van der Waals surface area contributed by atoms with Crippen LogP contribution in [-0.2, 0) is 23.1 Å². The monoisotopic (exact) mass is 293 g/mol. The molecule has 2 rings (SSSR count). The van der Waals surface area contributed by atoms with Crippen LogP contribution in [-0.4, -0.2) is 71.2 Å². The van der Waals surface area contributed by atoms with Crippen LogP contribution in [0.4, 0.5) is 0 Å². The second-order valence-electron chi connectivity index (χ2n) is 5.40.